The Hall–Kier alpha value is -1.20. The van der Waals surface area contributed by atoms with Crippen LogP contribution in [-0.4, -0.2) is 17.1 Å². The smallest absolute Gasteiger partial charge is 0.159 e. The van der Waals surface area contributed by atoms with Gasteiger partial charge < -0.3 is 4.74 Å². The lowest BCUT2D eigenvalue weighted by Gasteiger charge is -2.06. The van der Waals surface area contributed by atoms with E-state index in [1.165, 1.54) is 20.1 Å². The predicted molar refractivity (Wildman–Crippen MR) is 53.6 cm³/mol. The van der Waals surface area contributed by atoms with Crippen LogP contribution in [0.4, 0.5) is 0 Å². The third-order valence-corrected chi connectivity index (χ3v) is 2.54. The van der Waals surface area contributed by atoms with Gasteiger partial charge in [0.2, 0.25) is 0 Å². The van der Waals surface area contributed by atoms with Crippen LogP contribution in [0, 0.1) is 0 Å². The summed E-state index contributed by atoms with van der Waals surface area (Å²) < 4.78 is 16.1. The first-order valence-electron chi connectivity index (χ1n) is 3.91. The number of rotatable bonds is 3. The van der Waals surface area contributed by atoms with Gasteiger partial charge >= 0.3 is 0 Å². The second-order valence-electron chi connectivity index (χ2n) is 2.72. The summed E-state index contributed by atoms with van der Waals surface area (Å²) in [5, 5.41) is 5.24. The number of nitrogens with two attached hydrogens (primary N) is 1. The first-order chi connectivity index (χ1) is 6.56. The number of ketones is 1. The molecule has 1 atom stereocenters. The van der Waals surface area contributed by atoms with Gasteiger partial charge in [0, 0.05) is 5.56 Å². The molecule has 0 fully saturated rings. The molecule has 1 rings (SSSR count). The summed E-state index contributed by atoms with van der Waals surface area (Å²) in [6, 6.07) is 4.67. The van der Waals surface area contributed by atoms with Crippen LogP contribution in [0.1, 0.15) is 17.3 Å². The fraction of sp³-hybridized carbons (Fsp3) is 0.222. The molecule has 0 heterocycles. The normalized spacial score (nSPS) is 12.2. The Labute approximate surface area is 84.7 Å². The number of carbonyl (C=O) groups is 1. The average molecular weight is 213 g/mol. The lowest BCUT2D eigenvalue weighted by atomic mass is 10.1. The zero-order valence-corrected chi connectivity index (χ0v) is 8.76. The molecule has 1 unspecified atom stereocenters. The van der Waals surface area contributed by atoms with Gasteiger partial charge in [0.25, 0.3) is 0 Å². The number of methoxy groups -OCH3 is 1. The van der Waals surface area contributed by atoms with Crippen molar-refractivity contribution in [3.05, 3.63) is 23.8 Å². The van der Waals surface area contributed by atoms with E-state index in [9.17, 15) is 9.00 Å². The summed E-state index contributed by atoms with van der Waals surface area (Å²) in [4.78, 5) is 11.4. The monoisotopic (exact) mass is 213 g/mol. The number of carbonyl (C=O) groups excluding carboxylic acids is 1. The molecule has 0 radical (unpaired) electrons. The predicted octanol–water partition coefficient (Wildman–Crippen LogP) is 0.879. The molecule has 0 aliphatic heterocycles. The number of hydrogen-bond donors (Lipinski definition) is 1. The van der Waals surface area contributed by atoms with Crippen LogP contribution in [0.15, 0.2) is 23.1 Å². The second-order valence-corrected chi connectivity index (χ2v) is 3.75. The molecule has 0 aliphatic carbocycles. The van der Waals surface area contributed by atoms with Crippen LogP contribution < -0.4 is 9.88 Å². The minimum absolute atomic E-state index is 0.0978. The molecule has 14 heavy (non-hydrogen) atoms. The zero-order chi connectivity index (χ0) is 10.7. The van der Waals surface area contributed by atoms with Gasteiger partial charge in [-0.3, -0.25) is 4.79 Å². The molecule has 4 nitrogen and oxygen atoms in total. The number of hydrogen-bond acceptors (Lipinski definition) is 3. The fourth-order valence-corrected chi connectivity index (χ4v) is 1.65. The molecular weight excluding hydrogens is 202 g/mol. The van der Waals surface area contributed by atoms with E-state index in [1.54, 1.807) is 12.1 Å². The van der Waals surface area contributed by atoms with Crippen molar-refractivity contribution in [3.63, 3.8) is 0 Å². The molecule has 0 saturated carbocycles. The Morgan fingerprint density at radius 2 is 2.14 bits per heavy atom. The van der Waals surface area contributed by atoms with Crippen LogP contribution in [0.25, 0.3) is 0 Å². The van der Waals surface area contributed by atoms with Crippen LogP contribution in [0.3, 0.4) is 0 Å². The summed E-state index contributed by atoms with van der Waals surface area (Å²) >= 11 is 0. The van der Waals surface area contributed by atoms with Crippen molar-refractivity contribution < 1.29 is 13.7 Å². The summed E-state index contributed by atoms with van der Waals surface area (Å²) in [6.07, 6.45) is 0. The van der Waals surface area contributed by atoms with Gasteiger partial charge in [0.1, 0.15) is 16.7 Å². The van der Waals surface area contributed by atoms with Gasteiger partial charge in [-0.15, -0.1) is 0 Å². The summed E-state index contributed by atoms with van der Waals surface area (Å²) in [7, 11) is -0.187. The van der Waals surface area contributed by atoms with Crippen molar-refractivity contribution in [2.24, 2.45) is 5.14 Å². The van der Waals surface area contributed by atoms with Gasteiger partial charge in [-0.05, 0) is 25.1 Å². The fourth-order valence-electron chi connectivity index (χ4n) is 1.05. The molecule has 0 saturated heterocycles. The molecule has 0 spiro atoms. The molecule has 0 amide bonds. The van der Waals surface area contributed by atoms with E-state index in [0.29, 0.717) is 16.2 Å². The minimum Gasteiger partial charge on any atom is -0.495 e. The highest BCUT2D eigenvalue weighted by Crippen LogP contribution is 2.21. The SMILES string of the molecule is COc1ccc(C(C)=O)cc1S(N)=O. The molecule has 5 heteroatoms. The Morgan fingerprint density at radius 1 is 1.50 bits per heavy atom. The molecule has 1 aromatic carbocycles. The zero-order valence-electron chi connectivity index (χ0n) is 7.94. The highest BCUT2D eigenvalue weighted by Gasteiger charge is 2.10. The van der Waals surface area contributed by atoms with E-state index in [2.05, 4.69) is 0 Å². The van der Waals surface area contributed by atoms with Gasteiger partial charge in [-0.25, -0.2) is 9.35 Å². The number of benzene rings is 1. The quantitative estimate of drug-likeness (QED) is 0.758. The van der Waals surface area contributed by atoms with Crippen molar-refractivity contribution >= 4 is 16.8 Å². The molecule has 1 aromatic rings. The molecule has 0 bridgehead atoms. The lowest BCUT2D eigenvalue weighted by molar-refractivity contribution is 0.101. The van der Waals surface area contributed by atoms with Crippen LogP contribution in [0.2, 0.25) is 0 Å². The third kappa shape index (κ3) is 2.18. The van der Waals surface area contributed by atoms with Crippen molar-refractivity contribution in [1.82, 2.24) is 0 Å². The lowest BCUT2D eigenvalue weighted by Crippen LogP contribution is -2.06. The van der Waals surface area contributed by atoms with E-state index in [0.717, 1.165) is 0 Å². The van der Waals surface area contributed by atoms with Gasteiger partial charge in [0.05, 0.1) is 12.0 Å². The maximum atomic E-state index is 11.1. The van der Waals surface area contributed by atoms with Gasteiger partial charge in [-0.2, -0.15) is 0 Å². The number of Topliss-reactive ketones (excluding diaryl/α,β-unsaturated/α-hetero) is 1. The second kappa shape index (κ2) is 4.34. The average Bonchev–Trinajstić information content (AvgIpc) is 2.16. The van der Waals surface area contributed by atoms with E-state index >= 15 is 0 Å². The summed E-state index contributed by atoms with van der Waals surface area (Å²) in [5.74, 6) is 0.329. The molecule has 76 valence electrons. The Morgan fingerprint density at radius 3 is 2.57 bits per heavy atom. The molecule has 0 aromatic heterocycles. The van der Waals surface area contributed by atoms with E-state index < -0.39 is 11.0 Å². The molecular formula is C9H11NO3S. The topological polar surface area (TPSA) is 69.4 Å². The Balaban J connectivity index is 3.27. The maximum Gasteiger partial charge on any atom is 0.159 e. The summed E-state index contributed by atoms with van der Waals surface area (Å²) in [6.45, 7) is 1.44. The first-order valence-corrected chi connectivity index (χ1v) is 5.12. The van der Waals surface area contributed by atoms with E-state index in [1.807, 2.05) is 0 Å². The highest BCUT2D eigenvalue weighted by atomic mass is 32.2. The standard InChI is InChI=1S/C9H11NO3S/c1-6(11)7-3-4-8(13-2)9(5-7)14(10)12/h3-5H,10H2,1-2H3. The van der Waals surface area contributed by atoms with Crippen molar-refractivity contribution in [3.8, 4) is 5.75 Å². The van der Waals surface area contributed by atoms with Crippen LogP contribution in [-0.2, 0) is 11.0 Å². The maximum absolute atomic E-state index is 11.1. The largest absolute Gasteiger partial charge is 0.495 e. The van der Waals surface area contributed by atoms with Crippen LogP contribution >= 0.6 is 0 Å². The van der Waals surface area contributed by atoms with Gasteiger partial charge in [-0.1, -0.05) is 0 Å². The van der Waals surface area contributed by atoms with Gasteiger partial charge in [0.15, 0.2) is 5.78 Å². The highest BCUT2D eigenvalue weighted by molar-refractivity contribution is 7.82. The van der Waals surface area contributed by atoms with Crippen molar-refractivity contribution in [2.45, 2.75) is 11.8 Å². The van der Waals surface area contributed by atoms with Crippen molar-refractivity contribution in [2.75, 3.05) is 7.11 Å². The first kappa shape index (κ1) is 10.9. The molecule has 0 aliphatic rings. The minimum atomic E-state index is -1.64. The van der Waals surface area contributed by atoms with Crippen molar-refractivity contribution in [1.29, 1.82) is 0 Å². The molecule has 2 N–H and O–H groups in total. The van der Waals surface area contributed by atoms with E-state index in [-0.39, 0.29) is 5.78 Å². The van der Waals surface area contributed by atoms with E-state index in [4.69, 9.17) is 9.88 Å². The van der Waals surface area contributed by atoms with Crippen LogP contribution in [0.5, 0.6) is 5.75 Å². The Kier molecular flexibility index (Phi) is 3.38. The summed E-state index contributed by atoms with van der Waals surface area (Å²) in [5.41, 5.74) is 0.472. The Bertz CT molecular complexity index is 390. The third-order valence-electron chi connectivity index (χ3n) is 1.79. The number of ether oxygens (including phenoxy) is 1.